The van der Waals surface area contributed by atoms with E-state index in [0.717, 1.165) is 25.7 Å². The summed E-state index contributed by atoms with van der Waals surface area (Å²) in [5.41, 5.74) is 22.1. The number of nitrogens with zero attached hydrogens (tertiary/aromatic N) is 2. The second kappa shape index (κ2) is 13.5. The Balaban J connectivity index is 1.55. The molecule has 4 bridgehead atoms. The molecule has 0 aromatic heterocycles. The van der Waals surface area contributed by atoms with Gasteiger partial charge in [-0.2, -0.15) is 0 Å². The van der Waals surface area contributed by atoms with Gasteiger partial charge in [-0.25, -0.2) is 0 Å². The van der Waals surface area contributed by atoms with E-state index >= 15 is 0 Å². The molecule has 4 aliphatic rings. The molecular weight excluding hydrogens is 508 g/mol. The van der Waals surface area contributed by atoms with E-state index in [9.17, 15) is 0 Å². The molecule has 11 nitrogen and oxygen atoms in total. The number of hydrogen-bond acceptors (Lipinski definition) is 7. The van der Waals surface area contributed by atoms with Crippen LogP contribution in [0.15, 0.2) is 22.1 Å². The second-order valence-electron chi connectivity index (χ2n) is 10.5. The summed E-state index contributed by atoms with van der Waals surface area (Å²) < 4.78 is 33.9. The molecule has 37 heavy (non-hydrogen) atoms. The van der Waals surface area contributed by atoms with Crippen molar-refractivity contribution in [2.24, 2.45) is 32.9 Å². The minimum absolute atomic E-state index is 0.0468. The number of hydrogen-bond donors (Lipinski definition) is 4. The minimum atomic E-state index is -3.07. The molecular formula is C24H46N6O5Si2. The summed E-state index contributed by atoms with van der Waals surface area (Å²) in [5, 5.41) is 0. The third kappa shape index (κ3) is 8.00. The van der Waals surface area contributed by atoms with Crippen LogP contribution in [-0.4, -0.2) is 67.0 Å². The Morgan fingerprint density at radius 2 is 1.22 bits per heavy atom. The molecule has 0 aromatic carbocycles. The number of rotatable bonds is 8. The first-order valence-electron chi connectivity index (χ1n) is 14.1. The molecule has 0 spiro atoms. The molecule has 0 aromatic rings. The van der Waals surface area contributed by atoms with E-state index in [1.807, 2.05) is 0 Å². The number of fused-ring (bicyclic) bond motifs is 2. The fraction of sp³-hybridized carbons (Fsp3) is 0.833. The van der Waals surface area contributed by atoms with Crippen molar-refractivity contribution in [1.29, 1.82) is 0 Å². The van der Waals surface area contributed by atoms with Crippen molar-refractivity contribution in [3.05, 3.63) is 12.2 Å². The number of guanidine groups is 2. The van der Waals surface area contributed by atoms with Crippen LogP contribution in [0.3, 0.4) is 0 Å². The van der Waals surface area contributed by atoms with Crippen molar-refractivity contribution >= 4 is 29.5 Å². The predicted molar refractivity (Wildman–Crippen MR) is 148 cm³/mol. The van der Waals surface area contributed by atoms with Crippen LogP contribution >= 0.6 is 0 Å². The maximum atomic E-state index is 6.85. The highest BCUT2D eigenvalue weighted by Crippen LogP contribution is 2.48. The largest absolute Gasteiger partial charge is 0.494 e. The number of nitrogens with two attached hydrogens (primary N) is 4. The quantitative estimate of drug-likeness (QED) is 0.115. The zero-order valence-electron chi connectivity index (χ0n) is 22.0. The predicted octanol–water partition coefficient (Wildman–Crippen LogP) is 2.26. The molecule has 8 N–H and O–H groups in total. The SMILES string of the molecule is NC(N)=NCCC[Si]12OC3CC=CCCCCCCCCCC4O[Si](CCCN=C(N)N)(OC4C3O1)O2. The molecule has 6 atom stereocenters. The Bertz CT molecular complexity index is 827. The monoisotopic (exact) mass is 554 g/mol. The van der Waals surface area contributed by atoms with Crippen molar-refractivity contribution in [2.45, 2.75) is 114 Å². The molecule has 1 aliphatic carbocycles. The van der Waals surface area contributed by atoms with Gasteiger partial charge in [-0.3, -0.25) is 9.98 Å². The standard InChI is InChI=1S/C24H46N6O5Si2/c25-23(26)29-15-11-17-36-31-19-13-9-7-5-3-1-2-4-6-8-10-14-20-22(21(19)33-36)34-37(32-20,35-36)18-12-16-30-24(27)28/h7,9,19-22H,1-6,8,10-18H2,(H4,25,26,29)(H4,27,28,30). The van der Waals surface area contributed by atoms with Gasteiger partial charge in [0.1, 0.15) is 12.2 Å². The van der Waals surface area contributed by atoms with E-state index in [1.165, 1.54) is 38.5 Å². The van der Waals surface area contributed by atoms with Crippen molar-refractivity contribution < 1.29 is 21.8 Å². The second-order valence-corrected chi connectivity index (χ2v) is 16.0. The Labute approximate surface area is 223 Å². The van der Waals surface area contributed by atoms with Gasteiger partial charge in [-0.05, 0) is 38.5 Å². The van der Waals surface area contributed by atoms with Crippen molar-refractivity contribution in [3.63, 3.8) is 0 Å². The van der Waals surface area contributed by atoms with Crippen LogP contribution < -0.4 is 22.9 Å². The van der Waals surface area contributed by atoms with Crippen LogP contribution in [0.5, 0.6) is 0 Å². The topological polar surface area (TPSA) is 175 Å². The highest BCUT2D eigenvalue weighted by atomic mass is 28.5. The van der Waals surface area contributed by atoms with Crippen molar-refractivity contribution in [2.75, 3.05) is 13.1 Å². The minimum Gasteiger partial charge on any atom is -0.371 e. The van der Waals surface area contributed by atoms with Crippen LogP contribution in [0.4, 0.5) is 0 Å². The molecule has 3 saturated heterocycles. The lowest BCUT2D eigenvalue weighted by molar-refractivity contribution is 0.0144. The van der Waals surface area contributed by atoms with Crippen molar-refractivity contribution in [3.8, 4) is 0 Å². The molecule has 0 amide bonds. The first kappa shape index (κ1) is 28.5. The van der Waals surface area contributed by atoms with E-state index in [2.05, 4.69) is 22.1 Å². The highest BCUT2D eigenvalue weighted by Gasteiger charge is 2.69. The van der Waals surface area contributed by atoms with E-state index in [1.54, 1.807) is 0 Å². The average Bonchev–Trinajstić information content (AvgIpc) is 3.33. The van der Waals surface area contributed by atoms with Crippen LogP contribution in [0.1, 0.15) is 77.0 Å². The third-order valence-corrected chi connectivity index (χ3v) is 14.4. The van der Waals surface area contributed by atoms with Gasteiger partial charge < -0.3 is 44.8 Å². The van der Waals surface area contributed by atoms with Crippen LogP contribution in [-0.2, 0) is 21.8 Å². The molecule has 3 aliphatic heterocycles. The average molecular weight is 555 g/mol. The molecule has 6 unspecified atom stereocenters. The molecule has 3 fully saturated rings. The van der Waals surface area contributed by atoms with E-state index in [-0.39, 0.29) is 36.3 Å². The zero-order valence-corrected chi connectivity index (χ0v) is 24.0. The fourth-order valence-electron chi connectivity index (χ4n) is 5.70. The number of aliphatic imine (C=N–C) groups is 2. The summed E-state index contributed by atoms with van der Waals surface area (Å²) >= 11 is 0. The molecule has 0 saturated carbocycles. The van der Waals surface area contributed by atoms with Gasteiger partial charge in [0.25, 0.3) is 0 Å². The van der Waals surface area contributed by atoms with Crippen LogP contribution in [0, 0.1) is 0 Å². The molecule has 0 radical (unpaired) electrons. The third-order valence-electron chi connectivity index (χ3n) is 7.43. The Morgan fingerprint density at radius 3 is 1.84 bits per heavy atom. The lowest BCUT2D eigenvalue weighted by atomic mass is 9.96. The number of allylic oxidation sites excluding steroid dienone is 1. The lowest BCUT2D eigenvalue weighted by Crippen LogP contribution is -2.55. The van der Waals surface area contributed by atoms with Gasteiger partial charge in [0.2, 0.25) is 0 Å². The van der Waals surface area contributed by atoms with Gasteiger partial charge in [0.05, 0.1) is 12.2 Å². The van der Waals surface area contributed by atoms with Gasteiger partial charge in [-0.15, -0.1) is 0 Å². The summed E-state index contributed by atoms with van der Waals surface area (Å²) in [6, 6.07) is 1.25. The summed E-state index contributed by atoms with van der Waals surface area (Å²) in [7, 11) is -6.12. The summed E-state index contributed by atoms with van der Waals surface area (Å²) in [6.07, 6.45) is 17.0. The first-order valence-corrected chi connectivity index (χ1v) is 17.9. The smallest absolute Gasteiger partial charge is 0.371 e. The molecule has 4 rings (SSSR count). The summed E-state index contributed by atoms with van der Waals surface area (Å²) in [6.45, 7) is 0.995. The van der Waals surface area contributed by atoms with Gasteiger partial charge in [0, 0.05) is 25.2 Å². The highest BCUT2D eigenvalue weighted by molar-refractivity contribution is 6.76. The maximum Gasteiger partial charge on any atom is 0.494 e. The molecule has 3 heterocycles. The zero-order chi connectivity index (χ0) is 26.1. The fourth-order valence-corrected chi connectivity index (χ4v) is 13.8. The van der Waals surface area contributed by atoms with Crippen LogP contribution in [0.25, 0.3) is 0 Å². The van der Waals surface area contributed by atoms with Gasteiger partial charge in [0.15, 0.2) is 11.9 Å². The Kier molecular flexibility index (Phi) is 10.4. The van der Waals surface area contributed by atoms with E-state index in [4.69, 9.17) is 44.8 Å². The summed E-state index contributed by atoms with van der Waals surface area (Å²) in [4.78, 5) is 8.28. The maximum absolute atomic E-state index is 6.85. The van der Waals surface area contributed by atoms with Crippen LogP contribution in [0.2, 0.25) is 12.1 Å². The lowest BCUT2D eigenvalue weighted by Gasteiger charge is -2.32. The van der Waals surface area contributed by atoms with Crippen molar-refractivity contribution in [1.82, 2.24) is 0 Å². The Hall–Kier alpha value is -1.49. The van der Waals surface area contributed by atoms with E-state index in [0.29, 0.717) is 38.0 Å². The van der Waals surface area contributed by atoms with E-state index < -0.39 is 17.6 Å². The molecule has 13 heteroatoms. The van der Waals surface area contributed by atoms with Gasteiger partial charge in [-0.1, -0.05) is 50.7 Å². The summed E-state index contributed by atoms with van der Waals surface area (Å²) in [5.74, 6) is 0.166. The normalized spacial score (nSPS) is 36.2. The Morgan fingerprint density at radius 1 is 0.676 bits per heavy atom. The molecule has 210 valence electrons. The first-order chi connectivity index (χ1) is 17.9. The van der Waals surface area contributed by atoms with Gasteiger partial charge >= 0.3 is 17.6 Å².